The Balaban J connectivity index is 3.05. The van der Waals surface area contributed by atoms with Crippen LogP contribution >= 0.6 is 11.8 Å². The van der Waals surface area contributed by atoms with Crippen LogP contribution in [0.15, 0.2) is 23.1 Å². The Morgan fingerprint density at radius 2 is 1.84 bits per heavy atom. The number of hydrogen-bond acceptors (Lipinski definition) is 2. The maximum absolute atomic E-state index is 13.0. The average molecular weight is 291 g/mol. The van der Waals surface area contributed by atoms with E-state index < -0.39 is 11.7 Å². The molecule has 0 bridgehead atoms. The highest BCUT2D eigenvalue weighted by molar-refractivity contribution is 8.00. The highest BCUT2D eigenvalue weighted by Crippen LogP contribution is 2.36. The molecule has 0 saturated heterocycles. The third kappa shape index (κ3) is 4.73. The van der Waals surface area contributed by atoms with Gasteiger partial charge in [0, 0.05) is 16.7 Å². The molecule has 0 spiro atoms. The highest BCUT2D eigenvalue weighted by atomic mass is 32.2. The summed E-state index contributed by atoms with van der Waals surface area (Å²) in [6.45, 7) is 6.39. The van der Waals surface area contributed by atoms with Gasteiger partial charge in [0.05, 0.1) is 5.56 Å². The van der Waals surface area contributed by atoms with Gasteiger partial charge < -0.3 is 5.32 Å². The molecule has 19 heavy (non-hydrogen) atoms. The molecule has 1 unspecified atom stereocenters. The Hall–Kier alpha value is -0.680. The summed E-state index contributed by atoms with van der Waals surface area (Å²) in [6, 6.07) is 4.59. The van der Waals surface area contributed by atoms with Gasteiger partial charge in [0.25, 0.3) is 0 Å². The molecular weight excluding hydrogens is 271 g/mol. The summed E-state index contributed by atoms with van der Waals surface area (Å²) in [7, 11) is 1.64. The predicted molar refractivity (Wildman–Crippen MR) is 74.4 cm³/mol. The normalized spacial score (nSPS) is 13.9. The lowest BCUT2D eigenvalue weighted by Crippen LogP contribution is -2.14. The molecule has 0 radical (unpaired) electrons. The monoisotopic (exact) mass is 291 g/mol. The van der Waals surface area contributed by atoms with Crippen LogP contribution in [0, 0.1) is 5.92 Å². The second-order valence-electron chi connectivity index (χ2n) is 4.91. The zero-order valence-electron chi connectivity index (χ0n) is 11.6. The molecule has 0 aliphatic rings. The largest absolute Gasteiger partial charge is 0.416 e. The summed E-state index contributed by atoms with van der Waals surface area (Å²) in [4.78, 5) is 0.674. The number of rotatable bonds is 5. The van der Waals surface area contributed by atoms with E-state index in [0.29, 0.717) is 10.8 Å². The van der Waals surface area contributed by atoms with Crippen molar-refractivity contribution in [3.63, 3.8) is 0 Å². The van der Waals surface area contributed by atoms with Crippen molar-refractivity contribution in [2.24, 2.45) is 5.92 Å². The number of benzene rings is 1. The second kappa shape index (κ2) is 6.66. The minimum Gasteiger partial charge on any atom is -0.316 e. The van der Waals surface area contributed by atoms with Gasteiger partial charge in [0.15, 0.2) is 0 Å². The Kier molecular flexibility index (Phi) is 5.74. The Morgan fingerprint density at radius 3 is 2.32 bits per heavy atom. The summed E-state index contributed by atoms with van der Waals surface area (Å²) < 4.78 is 39.0. The van der Waals surface area contributed by atoms with Crippen LogP contribution in [0.4, 0.5) is 13.2 Å². The third-order valence-electron chi connectivity index (χ3n) is 3.01. The third-order valence-corrected chi connectivity index (χ3v) is 4.46. The van der Waals surface area contributed by atoms with Crippen LogP contribution in [0.25, 0.3) is 0 Å². The summed E-state index contributed by atoms with van der Waals surface area (Å²) in [6.07, 6.45) is -4.30. The first kappa shape index (κ1) is 16.4. The Bertz CT molecular complexity index is 416. The van der Waals surface area contributed by atoms with Crippen LogP contribution in [-0.4, -0.2) is 12.3 Å². The molecule has 0 fully saturated rings. The zero-order valence-corrected chi connectivity index (χ0v) is 12.5. The number of halogens is 3. The molecule has 1 aromatic rings. The number of alkyl halides is 3. The number of hydrogen-bond donors (Lipinski definition) is 1. The molecule has 1 atom stereocenters. The predicted octanol–water partition coefficient (Wildman–Crippen LogP) is 4.56. The van der Waals surface area contributed by atoms with Gasteiger partial charge in [0.1, 0.15) is 0 Å². The molecule has 0 aromatic heterocycles. The second-order valence-corrected chi connectivity index (χ2v) is 6.36. The van der Waals surface area contributed by atoms with Gasteiger partial charge in [-0.25, -0.2) is 0 Å². The maximum atomic E-state index is 13.0. The lowest BCUT2D eigenvalue weighted by molar-refractivity contribution is -0.138. The van der Waals surface area contributed by atoms with Crippen molar-refractivity contribution >= 4 is 11.8 Å². The Morgan fingerprint density at radius 1 is 1.21 bits per heavy atom. The van der Waals surface area contributed by atoms with Crippen molar-refractivity contribution in [1.29, 1.82) is 0 Å². The fourth-order valence-corrected chi connectivity index (χ4v) is 2.62. The zero-order chi connectivity index (χ0) is 14.6. The van der Waals surface area contributed by atoms with Crippen LogP contribution in [-0.2, 0) is 12.7 Å². The van der Waals surface area contributed by atoms with E-state index in [2.05, 4.69) is 19.2 Å². The minimum atomic E-state index is -4.30. The molecule has 1 aromatic carbocycles. The molecule has 1 nitrogen and oxygen atoms in total. The quantitative estimate of drug-likeness (QED) is 0.798. The summed E-state index contributed by atoms with van der Waals surface area (Å²) in [5, 5.41) is 3.06. The van der Waals surface area contributed by atoms with E-state index in [-0.39, 0.29) is 17.4 Å². The first-order chi connectivity index (χ1) is 8.75. The first-order valence-electron chi connectivity index (χ1n) is 6.27. The van der Waals surface area contributed by atoms with Crippen molar-refractivity contribution < 1.29 is 13.2 Å². The van der Waals surface area contributed by atoms with E-state index in [9.17, 15) is 13.2 Å². The molecule has 5 heteroatoms. The molecular formula is C14H20F3NS. The molecule has 0 heterocycles. The van der Waals surface area contributed by atoms with Gasteiger partial charge in [-0.1, -0.05) is 26.8 Å². The summed E-state index contributed by atoms with van der Waals surface area (Å²) in [5.41, 5.74) is -0.251. The smallest absolute Gasteiger partial charge is 0.316 e. The van der Waals surface area contributed by atoms with Gasteiger partial charge in [-0.15, -0.1) is 11.8 Å². The van der Waals surface area contributed by atoms with Crippen LogP contribution in [0.3, 0.4) is 0 Å². The molecule has 108 valence electrons. The lowest BCUT2D eigenvalue weighted by Gasteiger charge is -2.18. The van der Waals surface area contributed by atoms with Crippen LogP contribution in [0.1, 0.15) is 31.9 Å². The van der Waals surface area contributed by atoms with Gasteiger partial charge in [-0.05, 0) is 30.7 Å². The first-order valence-corrected chi connectivity index (χ1v) is 7.15. The fourth-order valence-electron chi connectivity index (χ4n) is 1.59. The SMILES string of the molecule is CNCc1ccc(SC(C)C(C)C)cc1C(F)(F)F. The molecule has 1 rings (SSSR count). The van der Waals surface area contributed by atoms with Crippen molar-refractivity contribution in [3.8, 4) is 0 Å². The van der Waals surface area contributed by atoms with Gasteiger partial charge in [0.2, 0.25) is 0 Å². The lowest BCUT2D eigenvalue weighted by atomic mass is 10.1. The van der Waals surface area contributed by atoms with Crippen molar-refractivity contribution in [3.05, 3.63) is 29.3 Å². The van der Waals surface area contributed by atoms with Gasteiger partial charge in [-0.3, -0.25) is 0 Å². The summed E-state index contributed by atoms with van der Waals surface area (Å²) >= 11 is 1.49. The topological polar surface area (TPSA) is 12.0 Å². The van der Waals surface area contributed by atoms with Crippen molar-refractivity contribution in [1.82, 2.24) is 5.32 Å². The van der Waals surface area contributed by atoms with Crippen LogP contribution in [0.2, 0.25) is 0 Å². The fraction of sp³-hybridized carbons (Fsp3) is 0.571. The van der Waals surface area contributed by atoms with Crippen molar-refractivity contribution in [2.45, 2.75) is 43.6 Å². The average Bonchev–Trinajstić information content (AvgIpc) is 2.29. The van der Waals surface area contributed by atoms with Gasteiger partial charge in [-0.2, -0.15) is 13.2 Å². The van der Waals surface area contributed by atoms with Crippen LogP contribution < -0.4 is 5.32 Å². The van der Waals surface area contributed by atoms with E-state index in [0.717, 1.165) is 0 Å². The van der Waals surface area contributed by atoms with Crippen molar-refractivity contribution in [2.75, 3.05) is 7.05 Å². The number of nitrogens with one attached hydrogen (secondary N) is 1. The minimum absolute atomic E-state index is 0.222. The van der Waals surface area contributed by atoms with E-state index >= 15 is 0 Å². The highest BCUT2D eigenvalue weighted by Gasteiger charge is 2.33. The molecule has 0 saturated carbocycles. The van der Waals surface area contributed by atoms with E-state index in [4.69, 9.17) is 0 Å². The maximum Gasteiger partial charge on any atom is 0.416 e. The number of thioether (sulfide) groups is 1. The van der Waals surface area contributed by atoms with E-state index in [1.807, 2.05) is 6.92 Å². The molecule has 0 aliphatic heterocycles. The van der Waals surface area contributed by atoms with E-state index in [1.165, 1.54) is 17.8 Å². The molecule has 1 N–H and O–H groups in total. The van der Waals surface area contributed by atoms with Crippen LogP contribution in [0.5, 0.6) is 0 Å². The van der Waals surface area contributed by atoms with E-state index in [1.54, 1.807) is 19.2 Å². The molecule has 0 amide bonds. The Labute approximate surface area is 117 Å². The summed E-state index contributed by atoms with van der Waals surface area (Å²) in [5.74, 6) is 0.427. The molecule has 0 aliphatic carbocycles. The standard InChI is InChI=1S/C14H20F3NS/c1-9(2)10(3)19-12-6-5-11(8-18-4)13(7-12)14(15,16)17/h5-7,9-10,18H,8H2,1-4H3. The van der Waals surface area contributed by atoms with Gasteiger partial charge >= 0.3 is 6.18 Å².